The molecule has 4 aliphatic rings. The second-order valence-corrected chi connectivity index (χ2v) is 20.5. The lowest BCUT2D eigenvalue weighted by Crippen LogP contribution is -2.47. The second-order valence-electron chi connectivity index (χ2n) is 19.5. The van der Waals surface area contributed by atoms with Gasteiger partial charge in [-0.3, -0.25) is 24.5 Å². The number of carbonyl (C=O) groups excluding carboxylic acids is 2. The number of piperazine rings is 1. The Balaban J connectivity index is 0.673. The number of aromatic carboxylic acids is 1. The van der Waals surface area contributed by atoms with E-state index in [2.05, 4.69) is 67.8 Å². The predicted octanol–water partition coefficient (Wildman–Crippen LogP) is 9.10. The van der Waals surface area contributed by atoms with Gasteiger partial charge in [-0.25, -0.2) is 14.8 Å². The standard InChI is InChI=1S/C55H59N9O5S/c1-34-40(41-19-21-49(58-52(41)54(67)68)64-26-24-36-7-5-8-37(44(36)33-64)32-56-55-57-45-10-3-4-12-48(45)70-55)9-6-11-47(34)69-39-16-13-35(14-17-39)23-25-62-27-29-63(30-28-62)38-15-18-42-46(31-38)61(2)60-51(42)43-20-22-50(65)59-53(43)66/h3-12,15,18-19,21,31,35,39,43H,13-14,16-17,20,22-30,32-33H2,1-2H3,(H,56,57)(H,67,68)(H,59,65,66). The van der Waals surface area contributed by atoms with Crippen molar-refractivity contribution in [2.75, 3.05) is 54.4 Å². The van der Waals surface area contributed by atoms with Crippen molar-refractivity contribution in [1.82, 2.24) is 30.0 Å². The van der Waals surface area contributed by atoms with Crippen LogP contribution in [0.2, 0.25) is 0 Å². The molecule has 3 N–H and O–H groups in total. The van der Waals surface area contributed by atoms with E-state index in [1.807, 2.05) is 67.2 Å². The van der Waals surface area contributed by atoms with Crippen LogP contribution in [0.15, 0.2) is 91.0 Å². The number of para-hydroxylation sites is 1. The Kier molecular flexibility index (Phi) is 12.7. The second kappa shape index (κ2) is 19.5. The van der Waals surface area contributed by atoms with Crippen molar-refractivity contribution in [2.24, 2.45) is 13.0 Å². The highest BCUT2D eigenvalue weighted by Gasteiger charge is 2.32. The van der Waals surface area contributed by atoms with E-state index in [1.54, 1.807) is 11.3 Å². The largest absolute Gasteiger partial charge is 0.490 e. The van der Waals surface area contributed by atoms with E-state index in [4.69, 9.17) is 19.8 Å². The molecule has 3 aliphatic heterocycles. The average Bonchev–Trinajstić information content (AvgIpc) is 3.95. The van der Waals surface area contributed by atoms with Crippen LogP contribution in [0, 0.1) is 12.8 Å². The zero-order valence-corrected chi connectivity index (χ0v) is 40.6. The minimum Gasteiger partial charge on any atom is -0.490 e. The van der Waals surface area contributed by atoms with Gasteiger partial charge in [0.25, 0.3) is 0 Å². The summed E-state index contributed by atoms with van der Waals surface area (Å²) in [5, 5.41) is 23.2. The molecule has 0 radical (unpaired) electrons. The Morgan fingerprint density at radius 1 is 0.857 bits per heavy atom. The molecule has 3 fully saturated rings. The minimum atomic E-state index is -1.05. The summed E-state index contributed by atoms with van der Waals surface area (Å²) in [7, 11) is 1.92. The van der Waals surface area contributed by atoms with Gasteiger partial charge in [-0.05, 0) is 141 Å². The number of carboxylic acids is 1. The van der Waals surface area contributed by atoms with Crippen LogP contribution in [0.1, 0.15) is 89.3 Å². The van der Waals surface area contributed by atoms with E-state index >= 15 is 0 Å². The van der Waals surface area contributed by atoms with Gasteiger partial charge in [-0.15, -0.1) is 0 Å². The Labute approximate surface area is 411 Å². The molecule has 7 aromatic rings. The average molecular weight is 958 g/mol. The first-order chi connectivity index (χ1) is 34.1. The molecule has 1 unspecified atom stereocenters. The predicted molar refractivity (Wildman–Crippen MR) is 275 cm³/mol. The number of aromatic nitrogens is 4. The van der Waals surface area contributed by atoms with Gasteiger partial charge in [0, 0.05) is 75.9 Å². The molecular formula is C55H59N9O5S. The lowest BCUT2D eigenvalue weighted by Gasteiger charge is -2.37. The number of thiazole rings is 1. The number of carboxylic acid groups (broad SMARTS) is 1. The van der Waals surface area contributed by atoms with Gasteiger partial charge in [0.1, 0.15) is 11.6 Å². The van der Waals surface area contributed by atoms with Crippen molar-refractivity contribution in [1.29, 1.82) is 0 Å². The molecule has 70 heavy (non-hydrogen) atoms. The number of fused-ring (bicyclic) bond motifs is 3. The lowest BCUT2D eigenvalue weighted by atomic mass is 9.85. The highest BCUT2D eigenvalue weighted by atomic mass is 32.1. The number of amides is 2. The summed E-state index contributed by atoms with van der Waals surface area (Å²) in [6, 6.07) is 30.9. The van der Waals surface area contributed by atoms with Crippen molar-refractivity contribution in [3.8, 4) is 16.9 Å². The van der Waals surface area contributed by atoms with E-state index in [0.717, 1.165) is 120 Å². The van der Waals surface area contributed by atoms with Gasteiger partial charge >= 0.3 is 5.97 Å². The first-order valence-corrected chi connectivity index (χ1v) is 25.7. The Hall–Kier alpha value is -6.84. The number of ether oxygens (including phenoxy) is 1. The van der Waals surface area contributed by atoms with Gasteiger partial charge < -0.3 is 25.0 Å². The third-order valence-electron chi connectivity index (χ3n) is 15.2. The first-order valence-electron chi connectivity index (χ1n) is 24.8. The number of hydrogen-bond donors (Lipinski definition) is 3. The SMILES string of the molecule is Cc1c(OC2CCC(CCN3CCN(c4ccc5c(C6CCC(=O)NC6=O)nn(C)c5c4)CC3)CC2)cccc1-c1ccc(N2CCc3cccc(CNc4nc5ccccc5s4)c3C2)nc1C(=O)O. The summed E-state index contributed by atoms with van der Waals surface area (Å²) in [5.74, 6) is 0.200. The minimum absolute atomic E-state index is 0.0459. The molecule has 2 saturated heterocycles. The van der Waals surface area contributed by atoms with Crippen molar-refractivity contribution in [3.63, 3.8) is 0 Å². The number of anilines is 3. The number of nitrogens with zero attached hydrogens (tertiary/aromatic N) is 7. The molecule has 1 atom stereocenters. The number of hydrogen-bond acceptors (Lipinski definition) is 12. The molecule has 0 bridgehead atoms. The number of pyridine rings is 1. The third kappa shape index (κ3) is 9.31. The maximum absolute atomic E-state index is 12.9. The number of nitrogens with one attached hydrogen (secondary N) is 2. The molecule has 360 valence electrons. The molecule has 1 saturated carbocycles. The molecule has 6 heterocycles. The van der Waals surface area contributed by atoms with Crippen molar-refractivity contribution in [3.05, 3.63) is 125 Å². The molecule has 1 aliphatic carbocycles. The molecule has 3 aromatic heterocycles. The molecule has 14 nitrogen and oxygen atoms in total. The van der Waals surface area contributed by atoms with Crippen LogP contribution >= 0.6 is 11.3 Å². The third-order valence-corrected chi connectivity index (χ3v) is 16.2. The van der Waals surface area contributed by atoms with Crippen molar-refractivity contribution < 1.29 is 24.2 Å². The lowest BCUT2D eigenvalue weighted by molar-refractivity contribution is -0.134. The van der Waals surface area contributed by atoms with Gasteiger partial charge in [0.2, 0.25) is 11.8 Å². The van der Waals surface area contributed by atoms with Crippen LogP contribution in [0.5, 0.6) is 5.75 Å². The summed E-state index contributed by atoms with van der Waals surface area (Å²) in [4.78, 5) is 54.1. The molecule has 11 rings (SSSR count). The number of benzene rings is 4. The van der Waals surface area contributed by atoms with Crippen molar-refractivity contribution >= 4 is 66.9 Å². The number of imide groups is 1. The molecule has 15 heteroatoms. The first kappa shape index (κ1) is 45.6. The van der Waals surface area contributed by atoms with Crippen LogP contribution in [-0.2, 0) is 36.1 Å². The van der Waals surface area contributed by atoms with Crippen LogP contribution in [0.25, 0.3) is 32.2 Å². The Morgan fingerprint density at radius 3 is 2.50 bits per heavy atom. The number of aryl methyl sites for hydroxylation is 1. The number of carbonyl (C=O) groups is 3. The highest BCUT2D eigenvalue weighted by Crippen LogP contribution is 2.38. The van der Waals surface area contributed by atoms with E-state index in [-0.39, 0.29) is 23.6 Å². The van der Waals surface area contributed by atoms with Crippen LogP contribution in [0.4, 0.5) is 16.6 Å². The fourth-order valence-corrected chi connectivity index (χ4v) is 12.0. The van der Waals surface area contributed by atoms with Gasteiger partial charge in [0.05, 0.1) is 33.4 Å². The Bertz CT molecular complexity index is 3080. The number of rotatable bonds is 13. The fraction of sp³-hybridized carbons (Fsp3) is 0.382. The highest BCUT2D eigenvalue weighted by molar-refractivity contribution is 7.22. The smallest absolute Gasteiger partial charge is 0.355 e. The molecule has 4 aromatic carbocycles. The van der Waals surface area contributed by atoms with Gasteiger partial charge in [0.15, 0.2) is 10.8 Å². The fourth-order valence-electron chi connectivity index (χ4n) is 11.2. The summed E-state index contributed by atoms with van der Waals surface area (Å²) < 4.78 is 9.72. The summed E-state index contributed by atoms with van der Waals surface area (Å²) in [6.45, 7) is 9.10. The normalized spacial score (nSPS) is 19.9. The Morgan fingerprint density at radius 2 is 1.69 bits per heavy atom. The zero-order valence-electron chi connectivity index (χ0n) is 39.8. The molecule has 0 spiro atoms. The summed E-state index contributed by atoms with van der Waals surface area (Å²) in [5.41, 5.74) is 10.1. The van der Waals surface area contributed by atoms with E-state index in [0.29, 0.717) is 43.2 Å². The topological polar surface area (TPSA) is 158 Å². The van der Waals surface area contributed by atoms with E-state index in [9.17, 15) is 19.5 Å². The van der Waals surface area contributed by atoms with Crippen LogP contribution < -0.4 is 25.2 Å². The summed E-state index contributed by atoms with van der Waals surface area (Å²) >= 11 is 1.65. The van der Waals surface area contributed by atoms with Gasteiger partial charge in [-0.2, -0.15) is 5.10 Å². The maximum atomic E-state index is 12.9. The quantitative estimate of drug-likeness (QED) is 0.0944. The van der Waals surface area contributed by atoms with Gasteiger partial charge in [-0.1, -0.05) is 53.8 Å². The van der Waals surface area contributed by atoms with Crippen molar-refractivity contribution in [2.45, 2.75) is 83.4 Å². The van der Waals surface area contributed by atoms with E-state index in [1.165, 1.54) is 28.8 Å². The monoisotopic (exact) mass is 957 g/mol. The van der Waals surface area contributed by atoms with E-state index < -0.39 is 11.9 Å². The maximum Gasteiger partial charge on any atom is 0.355 e. The molecular weight excluding hydrogens is 899 g/mol. The zero-order chi connectivity index (χ0) is 47.9. The van der Waals surface area contributed by atoms with Crippen LogP contribution in [-0.4, -0.2) is 92.9 Å². The molecule has 2 amide bonds. The summed E-state index contributed by atoms with van der Waals surface area (Å²) in [6.07, 6.45) is 7.23. The number of piperidine rings is 1. The van der Waals surface area contributed by atoms with Crippen LogP contribution in [0.3, 0.4) is 0 Å².